The minimum atomic E-state index is -1.74. The van der Waals surface area contributed by atoms with Gasteiger partial charge >= 0.3 is 11.9 Å². The molecule has 0 radical (unpaired) electrons. The Morgan fingerprint density at radius 3 is 1.89 bits per heavy atom. The molecule has 0 bridgehead atoms. The zero-order valence-corrected chi connectivity index (χ0v) is 30.3. The number of fused-ring (bicyclic) bond motifs is 3. The van der Waals surface area contributed by atoms with Crippen LogP contribution in [0.3, 0.4) is 0 Å². The van der Waals surface area contributed by atoms with Gasteiger partial charge in [0.15, 0.2) is 24.8 Å². The quantitative estimate of drug-likeness (QED) is 0.0742. The van der Waals surface area contributed by atoms with Crippen LogP contribution >= 0.6 is 0 Å². The maximum atomic E-state index is 13.2. The average Bonchev–Trinajstić information content (AvgIpc) is 3.88. The van der Waals surface area contributed by atoms with E-state index in [0.717, 1.165) is 12.2 Å². The van der Waals surface area contributed by atoms with E-state index in [1.807, 2.05) is 0 Å². The number of aliphatic hydroxyl groups is 6. The summed E-state index contributed by atoms with van der Waals surface area (Å²) < 4.78 is 47.1. The Morgan fingerprint density at radius 1 is 0.719 bits per heavy atom. The van der Waals surface area contributed by atoms with Crippen LogP contribution in [-0.2, 0) is 47.5 Å². The minimum Gasteiger partial charge on any atom is -0.508 e. The molecular weight excluding hydrogens is 756 g/mol. The third-order valence-electron chi connectivity index (χ3n) is 10.8. The molecule has 4 aliphatic heterocycles. The molecule has 1 saturated carbocycles. The Morgan fingerprint density at radius 2 is 1.32 bits per heavy atom. The van der Waals surface area contributed by atoms with E-state index >= 15 is 0 Å². The van der Waals surface area contributed by atoms with Crippen LogP contribution in [0.25, 0.3) is 12.2 Å². The number of aliphatic hydroxyl groups excluding tert-OH is 6. The van der Waals surface area contributed by atoms with E-state index in [9.17, 15) is 50.4 Å². The van der Waals surface area contributed by atoms with Gasteiger partial charge in [-0.05, 0) is 60.5 Å². The van der Waals surface area contributed by atoms with Crippen LogP contribution in [0.2, 0.25) is 0 Å². The summed E-state index contributed by atoms with van der Waals surface area (Å²) in [6.45, 7) is 0.293. The van der Waals surface area contributed by atoms with Crippen molar-refractivity contribution in [1.82, 2.24) is 0 Å². The van der Waals surface area contributed by atoms with Crippen molar-refractivity contribution >= 4 is 24.1 Å². The molecule has 3 saturated heterocycles. The highest BCUT2D eigenvalue weighted by Crippen LogP contribution is 2.61. The molecule has 0 aromatic heterocycles. The predicted octanol–water partition coefficient (Wildman–Crippen LogP) is -0.799. The Bertz CT molecular complexity index is 1810. The van der Waals surface area contributed by atoms with Crippen molar-refractivity contribution in [3.8, 4) is 11.5 Å². The van der Waals surface area contributed by atoms with Gasteiger partial charge in [0.2, 0.25) is 6.29 Å². The highest BCUT2D eigenvalue weighted by atomic mass is 16.8. The van der Waals surface area contributed by atoms with Crippen LogP contribution in [0.1, 0.15) is 18.1 Å². The van der Waals surface area contributed by atoms with E-state index in [-0.39, 0.29) is 11.5 Å². The zero-order valence-electron chi connectivity index (χ0n) is 30.3. The van der Waals surface area contributed by atoms with Gasteiger partial charge in [-0.25, -0.2) is 9.59 Å². The van der Waals surface area contributed by atoms with Crippen molar-refractivity contribution in [1.29, 1.82) is 0 Å². The number of rotatable bonds is 12. The van der Waals surface area contributed by atoms with Crippen LogP contribution in [0, 0.1) is 11.8 Å². The van der Waals surface area contributed by atoms with E-state index in [2.05, 4.69) is 0 Å². The summed E-state index contributed by atoms with van der Waals surface area (Å²) in [5.41, 5.74) is -0.175. The largest absolute Gasteiger partial charge is 0.508 e. The first-order chi connectivity index (χ1) is 27.3. The molecule has 4 heterocycles. The van der Waals surface area contributed by atoms with Crippen molar-refractivity contribution in [2.45, 2.75) is 92.4 Å². The lowest BCUT2D eigenvalue weighted by atomic mass is 9.85. The predicted molar refractivity (Wildman–Crippen MR) is 190 cm³/mol. The number of phenolic OH excluding ortho intramolecular Hbond substituents is 2. The third-order valence-corrected chi connectivity index (χ3v) is 10.8. The molecule has 18 heteroatoms. The fraction of sp³-hybridized carbons (Fsp3) is 0.487. The lowest BCUT2D eigenvalue weighted by Crippen LogP contribution is -2.61. The van der Waals surface area contributed by atoms with Crippen molar-refractivity contribution < 1.29 is 88.3 Å². The molecule has 18 nitrogen and oxygen atoms in total. The molecule has 1 aliphatic carbocycles. The van der Waals surface area contributed by atoms with Crippen LogP contribution < -0.4 is 0 Å². The summed E-state index contributed by atoms with van der Waals surface area (Å²) >= 11 is 0. The normalized spacial score (nSPS) is 39.7. The van der Waals surface area contributed by atoms with E-state index < -0.39 is 122 Å². The maximum Gasteiger partial charge on any atom is 0.331 e. The first-order valence-electron chi connectivity index (χ1n) is 18.2. The molecule has 0 amide bonds. The molecule has 2 unspecified atom stereocenters. The number of hydrogen-bond donors (Lipinski definition) is 8. The highest BCUT2D eigenvalue weighted by Gasteiger charge is 2.77. The molecule has 308 valence electrons. The van der Waals surface area contributed by atoms with Gasteiger partial charge in [0.05, 0.1) is 37.6 Å². The molecule has 2 aromatic carbocycles. The Hall–Kier alpha value is -4.44. The first-order valence-corrected chi connectivity index (χ1v) is 18.2. The fourth-order valence-corrected chi connectivity index (χ4v) is 7.70. The summed E-state index contributed by atoms with van der Waals surface area (Å²) in [5.74, 6) is -3.19. The number of benzene rings is 2. The minimum absolute atomic E-state index is 0.0231. The van der Waals surface area contributed by atoms with Crippen molar-refractivity contribution in [3.63, 3.8) is 0 Å². The van der Waals surface area contributed by atoms with E-state index in [1.54, 1.807) is 30.3 Å². The Kier molecular flexibility index (Phi) is 12.0. The Labute approximate surface area is 325 Å². The second kappa shape index (κ2) is 16.8. The first kappa shape index (κ1) is 40.7. The average molecular weight is 801 g/mol. The summed E-state index contributed by atoms with van der Waals surface area (Å²) in [4.78, 5) is 26.1. The highest BCUT2D eigenvalue weighted by molar-refractivity contribution is 5.88. The van der Waals surface area contributed by atoms with E-state index in [0.29, 0.717) is 11.1 Å². The van der Waals surface area contributed by atoms with Crippen molar-refractivity contribution in [2.75, 3.05) is 13.2 Å². The number of ether oxygens (including phenoxy) is 8. The van der Waals surface area contributed by atoms with E-state index in [1.165, 1.54) is 49.6 Å². The molecule has 57 heavy (non-hydrogen) atoms. The molecule has 16 atom stereocenters. The number of hydrogen-bond acceptors (Lipinski definition) is 18. The van der Waals surface area contributed by atoms with E-state index in [4.69, 9.17) is 37.9 Å². The van der Waals surface area contributed by atoms with Gasteiger partial charge in [0, 0.05) is 18.1 Å². The molecule has 8 N–H and O–H groups in total. The van der Waals surface area contributed by atoms with Gasteiger partial charge in [-0.1, -0.05) is 24.3 Å². The molecule has 5 aliphatic rings. The van der Waals surface area contributed by atoms with Crippen molar-refractivity contribution in [2.24, 2.45) is 11.8 Å². The van der Waals surface area contributed by atoms with Crippen molar-refractivity contribution in [3.05, 3.63) is 84.1 Å². The zero-order chi connectivity index (χ0) is 40.6. The summed E-state index contributed by atoms with van der Waals surface area (Å²) in [6.07, 6.45) is -10.1. The molecular formula is C39H44O18. The third kappa shape index (κ3) is 8.30. The molecule has 4 fully saturated rings. The summed E-state index contributed by atoms with van der Waals surface area (Å²) in [7, 11) is 0. The number of carbonyl (C=O) groups is 2. The molecule has 7 rings (SSSR count). The van der Waals surface area contributed by atoms with Gasteiger partial charge in [-0.3, -0.25) is 0 Å². The van der Waals surface area contributed by atoms with Gasteiger partial charge in [-0.15, -0.1) is 0 Å². The van der Waals surface area contributed by atoms with Gasteiger partial charge in [0.1, 0.15) is 53.7 Å². The lowest BCUT2D eigenvalue weighted by molar-refractivity contribution is -0.347. The van der Waals surface area contributed by atoms with Crippen LogP contribution in [-0.4, -0.2) is 152 Å². The number of epoxide rings is 1. The number of aromatic hydroxyl groups is 2. The fourth-order valence-electron chi connectivity index (χ4n) is 7.70. The number of carbonyl (C=O) groups excluding carboxylic acids is 2. The maximum absolute atomic E-state index is 13.2. The number of phenols is 2. The van der Waals surface area contributed by atoms with Crippen LogP contribution in [0.4, 0.5) is 0 Å². The second-order valence-corrected chi connectivity index (χ2v) is 14.4. The summed E-state index contributed by atoms with van der Waals surface area (Å²) in [6, 6.07) is 12.0. The van der Waals surface area contributed by atoms with Gasteiger partial charge < -0.3 is 78.7 Å². The van der Waals surface area contributed by atoms with Crippen LogP contribution in [0.15, 0.2) is 73.0 Å². The standard InChI is InChI=1S/C39H44O18/c1-18-32(53-25(44)12-6-19-2-8-21(42)9-3-19)31(49)34(54-26(45)13-7-20-4-10-22(43)11-5-20)38(51-18)55-33-23-14-15-50-36(27(23)39(17-41)35(33)57-39)56-37-30(48)29(47)28(46)24(16-40)52-37/h2-15,18,23-24,27-38,40-43,46-49H,16-17H2,1H3/b12-6+,13-7+/t18-,23?,24-,27?,28-,29+,30-,31-,32+,33+,34+,35+,36+,37+,38+,39-/m1/s1. The van der Waals surface area contributed by atoms with Gasteiger partial charge in [-0.2, -0.15) is 0 Å². The van der Waals surface area contributed by atoms with Gasteiger partial charge in [0.25, 0.3) is 0 Å². The topological polar surface area (TPSA) is 273 Å². The molecule has 2 aromatic rings. The molecule has 0 spiro atoms. The van der Waals surface area contributed by atoms with Crippen LogP contribution in [0.5, 0.6) is 11.5 Å². The smallest absolute Gasteiger partial charge is 0.331 e. The SMILES string of the molecule is C[C@H]1O[C@@H](O[C@H]2C3C=CO[C@@H](O[C@@H]4O[C@H](CO)[C@@H](O)[C@H](O)[C@H]4O)C3[C@@]3(CO)O[C@@H]23)[C@@H](OC(=O)/C=C/c2ccc(O)cc2)[C@H](O)[C@H]1OC(=O)/C=C/c1ccc(O)cc1. The monoisotopic (exact) mass is 800 g/mol. The second-order valence-electron chi connectivity index (χ2n) is 14.4. The summed E-state index contributed by atoms with van der Waals surface area (Å²) in [5, 5.41) is 82.2. The number of esters is 2. The lowest BCUT2D eigenvalue weighted by Gasteiger charge is -2.44. The Balaban J connectivity index is 1.10.